The molecule has 0 atom stereocenters. The van der Waals surface area contributed by atoms with E-state index in [4.69, 9.17) is 9.47 Å². The van der Waals surface area contributed by atoms with Gasteiger partial charge in [-0.15, -0.1) is 0 Å². The Labute approximate surface area is 205 Å². The van der Waals surface area contributed by atoms with E-state index in [1.807, 2.05) is 59.5 Å². The van der Waals surface area contributed by atoms with Crippen molar-refractivity contribution in [1.82, 2.24) is 9.88 Å². The third-order valence-corrected chi connectivity index (χ3v) is 6.47. The smallest absolute Gasteiger partial charge is 0.254 e. The molecule has 0 unspecified atom stereocenters. The highest BCUT2D eigenvalue weighted by Crippen LogP contribution is 2.33. The Hall–Kier alpha value is -3.87. The highest BCUT2D eigenvalue weighted by Gasteiger charge is 2.33. The van der Waals surface area contributed by atoms with Crippen molar-refractivity contribution < 1.29 is 19.1 Å². The van der Waals surface area contributed by atoms with Gasteiger partial charge >= 0.3 is 0 Å². The van der Waals surface area contributed by atoms with Crippen LogP contribution in [-0.2, 0) is 17.9 Å². The van der Waals surface area contributed by atoms with Gasteiger partial charge in [0.15, 0.2) is 11.5 Å². The third-order valence-electron chi connectivity index (χ3n) is 6.47. The van der Waals surface area contributed by atoms with Gasteiger partial charge < -0.3 is 19.3 Å². The van der Waals surface area contributed by atoms with E-state index in [0.717, 1.165) is 42.6 Å². The minimum Gasteiger partial charge on any atom is -0.493 e. The summed E-state index contributed by atoms with van der Waals surface area (Å²) in [6.45, 7) is 1.63. The number of carbonyl (C=O) groups excluding carboxylic acids is 2. The fourth-order valence-corrected chi connectivity index (χ4v) is 4.39. The fourth-order valence-electron chi connectivity index (χ4n) is 4.39. The van der Waals surface area contributed by atoms with Crippen LogP contribution in [0.1, 0.15) is 47.2 Å². The average molecular weight is 472 g/mol. The van der Waals surface area contributed by atoms with E-state index in [1.54, 1.807) is 24.4 Å². The quantitative estimate of drug-likeness (QED) is 0.456. The van der Waals surface area contributed by atoms with E-state index in [0.29, 0.717) is 36.6 Å². The minimum atomic E-state index is 0.00173. The Balaban J connectivity index is 1.31. The van der Waals surface area contributed by atoms with Gasteiger partial charge in [-0.2, -0.15) is 0 Å². The minimum absolute atomic E-state index is 0.00173. The van der Waals surface area contributed by atoms with Gasteiger partial charge in [0.25, 0.3) is 5.91 Å². The van der Waals surface area contributed by atoms with E-state index >= 15 is 0 Å². The predicted octanol–water partition coefficient (Wildman–Crippen LogP) is 4.60. The van der Waals surface area contributed by atoms with Crippen LogP contribution in [-0.4, -0.2) is 41.4 Å². The summed E-state index contributed by atoms with van der Waals surface area (Å²) in [6, 6.07) is 17.3. The number of benzene rings is 2. The van der Waals surface area contributed by atoms with E-state index < -0.39 is 0 Å². The zero-order valence-electron chi connectivity index (χ0n) is 19.9. The molecule has 1 aliphatic carbocycles. The fraction of sp³-hybridized carbons (Fsp3) is 0.321. The van der Waals surface area contributed by atoms with Crippen LogP contribution in [0.25, 0.3) is 0 Å². The second-order valence-corrected chi connectivity index (χ2v) is 8.99. The second-order valence-electron chi connectivity index (χ2n) is 8.99. The maximum absolute atomic E-state index is 13.4. The van der Waals surface area contributed by atoms with Gasteiger partial charge in [0.2, 0.25) is 5.91 Å². The molecule has 0 N–H and O–H groups in total. The maximum Gasteiger partial charge on any atom is 0.254 e. The van der Waals surface area contributed by atoms with Crippen molar-refractivity contribution >= 4 is 17.5 Å². The molecule has 2 heterocycles. The predicted molar refractivity (Wildman–Crippen MR) is 132 cm³/mol. The molecule has 2 aromatic carbocycles. The number of aromatic nitrogens is 1. The number of carbonyl (C=O) groups is 2. The van der Waals surface area contributed by atoms with E-state index in [9.17, 15) is 9.59 Å². The highest BCUT2D eigenvalue weighted by molar-refractivity contribution is 5.97. The summed E-state index contributed by atoms with van der Waals surface area (Å²) >= 11 is 0. The summed E-state index contributed by atoms with van der Waals surface area (Å²) in [4.78, 5) is 33.2. The Bertz CT molecular complexity index is 1190. The molecule has 7 nitrogen and oxygen atoms in total. The van der Waals surface area contributed by atoms with Crippen LogP contribution >= 0.6 is 0 Å². The molecule has 7 heteroatoms. The van der Waals surface area contributed by atoms with Crippen molar-refractivity contribution in [3.05, 3.63) is 83.7 Å². The Morgan fingerprint density at radius 3 is 2.46 bits per heavy atom. The van der Waals surface area contributed by atoms with E-state index in [-0.39, 0.29) is 17.9 Å². The van der Waals surface area contributed by atoms with Crippen LogP contribution in [0.3, 0.4) is 0 Å². The lowest BCUT2D eigenvalue weighted by molar-refractivity contribution is -0.117. The summed E-state index contributed by atoms with van der Waals surface area (Å²) < 4.78 is 11.5. The van der Waals surface area contributed by atoms with Crippen molar-refractivity contribution in [2.24, 2.45) is 0 Å². The molecule has 35 heavy (non-hydrogen) atoms. The molecule has 0 bridgehead atoms. The molecule has 2 fully saturated rings. The molecular weight excluding hydrogens is 442 g/mol. The lowest BCUT2D eigenvalue weighted by atomic mass is 10.1. The monoisotopic (exact) mass is 471 g/mol. The molecule has 1 aliphatic heterocycles. The zero-order valence-corrected chi connectivity index (χ0v) is 19.9. The van der Waals surface area contributed by atoms with Crippen LogP contribution in [0, 0.1) is 0 Å². The first-order valence-corrected chi connectivity index (χ1v) is 12.0. The first kappa shape index (κ1) is 22.9. The molecule has 180 valence electrons. The van der Waals surface area contributed by atoms with Gasteiger partial charge in [0.1, 0.15) is 6.61 Å². The molecule has 2 amide bonds. The zero-order chi connectivity index (χ0) is 24.2. The number of anilines is 1. The first-order chi connectivity index (χ1) is 17.1. The van der Waals surface area contributed by atoms with Gasteiger partial charge in [0, 0.05) is 49.2 Å². The molecule has 1 saturated carbocycles. The van der Waals surface area contributed by atoms with Crippen LogP contribution in [0.2, 0.25) is 0 Å². The molecule has 5 rings (SSSR count). The van der Waals surface area contributed by atoms with Crippen molar-refractivity contribution in [3.63, 3.8) is 0 Å². The lowest BCUT2D eigenvalue weighted by Gasteiger charge is -2.24. The number of methoxy groups -OCH3 is 1. The number of hydrogen-bond acceptors (Lipinski definition) is 5. The first-order valence-electron chi connectivity index (χ1n) is 12.0. The van der Waals surface area contributed by atoms with Gasteiger partial charge in [-0.1, -0.05) is 6.07 Å². The molecule has 1 saturated heterocycles. The summed E-state index contributed by atoms with van der Waals surface area (Å²) in [5.74, 6) is 1.44. The van der Waals surface area contributed by atoms with Crippen LogP contribution in [0.4, 0.5) is 5.69 Å². The number of nitrogens with zero attached hydrogens (tertiary/aromatic N) is 3. The van der Waals surface area contributed by atoms with E-state index in [1.165, 1.54) is 0 Å². The van der Waals surface area contributed by atoms with Crippen LogP contribution < -0.4 is 14.4 Å². The Kier molecular flexibility index (Phi) is 6.66. The average Bonchev–Trinajstić information content (AvgIpc) is 3.66. The van der Waals surface area contributed by atoms with E-state index in [2.05, 4.69) is 4.98 Å². The number of pyridine rings is 1. The van der Waals surface area contributed by atoms with Gasteiger partial charge in [-0.05, 0) is 78.9 Å². The van der Waals surface area contributed by atoms with Crippen LogP contribution in [0.15, 0.2) is 67.0 Å². The van der Waals surface area contributed by atoms with Crippen molar-refractivity contribution in [3.8, 4) is 11.5 Å². The van der Waals surface area contributed by atoms with Crippen LogP contribution in [0.5, 0.6) is 11.5 Å². The number of amides is 2. The molecule has 1 aromatic heterocycles. The molecule has 2 aliphatic rings. The van der Waals surface area contributed by atoms with Crippen molar-refractivity contribution in [2.75, 3.05) is 18.6 Å². The normalized spacial score (nSPS) is 15.2. The molecular formula is C28H29N3O4. The van der Waals surface area contributed by atoms with Crippen molar-refractivity contribution in [1.29, 1.82) is 0 Å². The van der Waals surface area contributed by atoms with Crippen molar-refractivity contribution in [2.45, 2.75) is 44.9 Å². The van der Waals surface area contributed by atoms with Gasteiger partial charge in [-0.25, -0.2) is 0 Å². The number of ether oxygens (including phenoxy) is 2. The number of hydrogen-bond donors (Lipinski definition) is 0. The summed E-state index contributed by atoms with van der Waals surface area (Å²) in [5.41, 5.74) is 3.49. The maximum atomic E-state index is 13.4. The Morgan fingerprint density at radius 1 is 1.03 bits per heavy atom. The Morgan fingerprint density at radius 2 is 1.80 bits per heavy atom. The van der Waals surface area contributed by atoms with Gasteiger partial charge in [0.05, 0.1) is 7.11 Å². The molecule has 0 radical (unpaired) electrons. The second kappa shape index (κ2) is 10.2. The number of rotatable bonds is 9. The standard InChI is InChI=1S/C28H29N3O4/c1-34-25-11-4-21(17-26(25)35-19-20-12-14-29-15-13-20)18-31(24-9-10-24)28(33)22-5-7-23(8-6-22)30-16-2-3-27(30)32/h4-8,11-15,17,24H,2-3,9-10,16,18-19H2,1H3. The summed E-state index contributed by atoms with van der Waals surface area (Å²) in [5, 5.41) is 0. The molecule has 3 aromatic rings. The summed E-state index contributed by atoms with van der Waals surface area (Å²) in [6.07, 6.45) is 6.96. The summed E-state index contributed by atoms with van der Waals surface area (Å²) in [7, 11) is 1.62. The molecule has 0 spiro atoms. The topological polar surface area (TPSA) is 72.0 Å². The lowest BCUT2D eigenvalue weighted by Crippen LogP contribution is -2.32. The van der Waals surface area contributed by atoms with Gasteiger partial charge in [-0.3, -0.25) is 14.6 Å². The largest absolute Gasteiger partial charge is 0.493 e. The third kappa shape index (κ3) is 5.29. The SMILES string of the molecule is COc1ccc(CN(C(=O)c2ccc(N3CCCC3=O)cc2)C2CC2)cc1OCc1ccncc1. The highest BCUT2D eigenvalue weighted by atomic mass is 16.5.